The van der Waals surface area contributed by atoms with E-state index in [-0.39, 0.29) is 17.0 Å². The van der Waals surface area contributed by atoms with Gasteiger partial charge in [0.25, 0.3) is 10.0 Å². The SMILES string of the molecule is Cc1ccc(S(=O)(=O)N(C#Cc2cccc(C(=O)O)c2-n2cccc2)Cc2ccccc2)cc1. The zero-order chi connectivity index (χ0) is 24.1. The quantitative estimate of drug-likeness (QED) is 0.328. The summed E-state index contributed by atoms with van der Waals surface area (Å²) in [6.07, 6.45) is 3.44. The van der Waals surface area contributed by atoms with E-state index in [0.717, 1.165) is 15.4 Å². The Hall–Kier alpha value is -4.28. The molecule has 34 heavy (non-hydrogen) atoms. The lowest BCUT2D eigenvalue weighted by atomic mass is 10.1. The number of sulfonamides is 1. The highest BCUT2D eigenvalue weighted by Gasteiger charge is 2.23. The van der Waals surface area contributed by atoms with Crippen molar-refractivity contribution in [2.24, 2.45) is 0 Å². The first-order chi connectivity index (χ1) is 16.4. The Balaban J connectivity index is 1.83. The van der Waals surface area contributed by atoms with E-state index in [9.17, 15) is 18.3 Å². The number of carboxylic acid groups (broad SMARTS) is 1. The van der Waals surface area contributed by atoms with Crippen LogP contribution in [0, 0.1) is 18.9 Å². The zero-order valence-electron chi connectivity index (χ0n) is 18.4. The number of rotatable bonds is 6. The Bertz CT molecular complexity index is 1470. The minimum absolute atomic E-state index is 0.0432. The molecule has 170 valence electrons. The van der Waals surface area contributed by atoms with E-state index in [1.165, 1.54) is 6.07 Å². The summed E-state index contributed by atoms with van der Waals surface area (Å²) in [5, 5.41) is 9.69. The summed E-state index contributed by atoms with van der Waals surface area (Å²) in [7, 11) is -3.94. The van der Waals surface area contributed by atoms with Gasteiger partial charge in [0.05, 0.1) is 28.3 Å². The molecule has 4 aromatic rings. The van der Waals surface area contributed by atoms with Crippen LogP contribution in [0.5, 0.6) is 0 Å². The molecule has 4 rings (SSSR count). The number of aromatic carboxylic acids is 1. The second kappa shape index (κ2) is 9.69. The standard InChI is InChI=1S/C27H22N2O4S/c1-21-12-14-24(15-13-21)34(32,33)29(20-22-8-3-2-4-9-22)19-16-23-10-7-11-25(27(30)31)26(23)28-17-5-6-18-28/h2-15,17-18H,20H2,1H3,(H,30,31). The van der Waals surface area contributed by atoms with Gasteiger partial charge in [-0.1, -0.05) is 54.1 Å². The predicted molar refractivity (Wildman–Crippen MR) is 130 cm³/mol. The van der Waals surface area contributed by atoms with Crippen LogP contribution in [0.1, 0.15) is 27.0 Å². The van der Waals surface area contributed by atoms with Crippen molar-refractivity contribution in [1.29, 1.82) is 0 Å². The van der Waals surface area contributed by atoms with E-state index in [1.807, 2.05) is 37.3 Å². The van der Waals surface area contributed by atoms with Crippen molar-refractivity contribution in [3.05, 3.63) is 120 Å². The first-order valence-electron chi connectivity index (χ1n) is 10.5. The van der Waals surface area contributed by atoms with Gasteiger partial charge in [0.1, 0.15) is 0 Å². The molecule has 0 aliphatic rings. The molecule has 0 saturated carbocycles. The van der Waals surface area contributed by atoms with Crippen molar-refractivity contribution < 1.29 is 18.3 Å². The first kappa shape index (κ1) is 22.9. The largest absolute Gasteiger partial charge is 0.478 e. The van der Waals surface area contributed by atoms with Gasteiger partial charge in [-0.3, -0.25) is 0 Å². The summed E-state index contributed by atoms with van der Waals surface area (Å²) in [6.45, 7) is 1.93. The van der Waals surface area contributed by atoms with Crippen LogP contribution in [0.2, 0.25) is 0 Å². The molecule has 3 aromatic carbocycles. The minimum Gasteiger partial charge on any atom is -0.478 e. The van der Waals surface area contributed by atoms with Crippen LogP contribution in [0.4, 0.5) is 0 Å². The minimum atomic E-state index is -3.94. The highest BCUT2D eigenvalue weighted by Crippen LogP contribution is 2.22. The summed E-state index contributed by atoms with van der Waals surface area (Å²) in [6, 6.07) is 26.9. The number of nitrogens with zero attached hydrogens (tertiary/aromatic N) is 2. The molecule has 0 unspecified atom stereocenters. The van der Waals surface area contributed by atoms with Crippen molar-refractivity contribution >= 4 is 16.0 Å². The maximum atomic E-state index is 13.5. The third kappa shape index (κ3) is 4.87. The molecule has 1 aromatic heterocycles. The molecular formula is C27H22N2O4S. The van der Waals surface area contributed by atoms with E-state index in [1.54, 1.807) is 65.5 Å². The van der Waals surface area contributed by atoms with Crippen LogP contribution in [0.3, 0.4) is 0 Å². The predicted octanol–water partition coefficient (Wildman–Crippen LogP) is 4.68. The van der Waals surface area contributed by atoms with Gasteiger partial charge in [0.15, 0.2) is 0 Å². The van der Waals surface area contributed by atoms with E-state index in [2.05, 4.69) is 12.0 Å². The molecule has 0 saturated heterocycles. The van der Waals surface area contributed by atoms with Gasteiger partial charge in [-0.25, -0.2) is 17.5 Å². The Morgan fingerprint density at radius 1 is 0.912 bits per heavy atom. The summed E-state index contributed by atoms with van der Waals surface area (Å²) in [4.78, 5) is 12.0. The Kier molecular flexibility index (Phi) is 6.53. The van der Waals surface area contributed by atoms with Crippen molar-refractivity contribution in [3.8, 4) is 17.7 Å². The van der Waals surface area contributed by atoms with Crippen molar-refractivity contribution in [2.45, 2.75) is 18.4 Å². The van der Waals surface area contributed by atoms with Crippen LogP contribution >= 0.6 is 0 Å². The van der Waals surface area contributed by atoms with Crippen LogP contribution in [0.25, 0.3) is 5.69 Å². The van der Waals surface area contributed by atoms with Crippen molar-refractivity contribution in [3.63, 3.8) is 0 Å². The van der Waals surface area contributed by atoms with Gasteiger partial charge in [-0.15, -0.1) is 0 Å². The molecule has 1 heterocycles. The second-order valence-electron chi connectivity index (χ2n) is 7.64. The summed E-state index contributed by atoms with van der Waals surface area (Å²) in [5.41, 5.74) is 2.56. The third-order valence-corrected chi connectivity index (χ3v) is 6.89. The number of aromatic nitrogens is 1. The van der Waals surface area contributed by atoms with Gasteiger partial charge in [-0.2, -0.15) is 0 Å². The zero-order valence-corrected chi connectivity index (χ0v) is 19.2. The molecule has 7 heteroatoms. The van der Waals surface area contributed by atoms with E-state index >= 15 is 0 Å². The topological polar surface area (TPSA) is 79.6 Å². The third-order valence-electron chi connectivity index (χ3n) is 5.22. The molecular weight excluding hydrogens is 448 g/mol. The molecule has 0 radical (unpaired) electrons. The normalized spacial score (nSPS) is 10.9. The fourth-order valence-corrected chi connectivity index (χ4v) is 4.69. The lowest BCUT2D eigenvalue weighted by Crippen LogP contribution is -2.26. The smallest absolute Gasteiger partial charge is 0.337 e. The second-order valence-corrected chi connectivity index (χ2v) is 9.51. The number of carbonyl (C=O) groups is 1. The van der Waals surface area contributed by atoms with Crippen LogP contribution in [-0.4, -0.2) is 28.4 Å². The highest BCUT2D eigenvalue weighted by atomic mass is 32.2. The molecule has 6 nitrogen and oxygen atoms in total. The number of aryl methyl sites for hydroxylation is 1. The van der Waals surface area contributed by atoms with Gasteiger partial charge >= 0.3 is 5.97 Å². The summed E-state index contributed by atoms with van der Waals surface area (Å²) >= 11 is 0. The summed E-state index contributed by atoms with van der Waals surface area (Å²) in [5.74, 6) is 1.82. The first-order valence-corrected chi connectivity index (χ1v) is 11.9. The van der Waals surface area contributed by atoms with E-state index < -0.39 is 16.0 Å². The number of hydrogen-bond donors (Lipinski definition) is 1. The van der Waals surface area contributed by atoms with Crippen LogP contribution in [0.15, 0.2) is 102 Å². The van der Waals surface area contributed by atoms with Crippen LogP contribution in [-0.2, 0) is 16.6 Å². The fourth-order valence-electron chi connectivity index (χ4n) is 3.47. The highest BCUT2D eigenvalue weighted by molar-refractivity contribution is 7.89. The maximum Gasteiger partial charge on any atom is 0.337 e. The monoisotopic (exact) mass is 470 g/mol. The van der Waals surface area contributed by atoms with Gasteiger partial charge in [0.2, 0.25) is 0 Å². The van der Waals surface area contributed by atoms with Gasteiger partial charge < -0.3 is 9.67 Å². The fraction of sp³-hybridized carbons (Fsp3) is 0.0741. The van der Waals surface area contributed by atoms with E-state index in [0.29, 0.717) is 11.3 Å². The van der Waals surface area contributed by atoms with Gasteiger partial charge in [-0.05, 0) is 54.8 Å². The number of para-hydroxylation sites is 1. The van der Waals surface area contributed by atoms with Crippen molar-refractivity contribution in [1.82, 2.24) is 8.87 Å². The molecule has 0 fully saturated rings. The average Bonchev–Trinajstić information content (AvgIpc) is 3.37. The maximum absolute atomic E-state index is 13.5. The molecule has 0 aliphatic heterocycles. The Labute approximate surface area is 198 Å². The molecule has 0 aliphatic carbocycles. The molecule has 0 spiro atoms. The average molecular weight is 471 g/mol. The summed E-state index contributed by atoms with van der Waals surface area (Å²) < 4.78 is 29.7. The lowest BCUT2D eigenvalue weighted by Gasteiger charge is -2.18. The number of hydrogen-bond acceptors (Lipinski definition) is 3. The molecule has 0 bridgehead atoms. The van der Waals surface area contributed by atoms with Crippen molar-refractivity contribution in [2.75, 3.05) is 0 Å². The van der Waals surface area contributed by atoms with Gasteiger partial charge in [0, 0.05) is 18.4 Å². The Morgan fingerprint density at radius 3 is 2.24 bits per heavy atom. The number of carboxylic acids is 1. The Morgan fingerprint density at radius 2 is 1.59 bits per heavy atom. The van der Waals surface area contributed by atoms with Crippen LogP contribution < -0.4 is 0 Å². The molecule has 0 atom stereocenters. The lowest BCUT2D eigenvalue weighted by molar-refractivity contribution is 0.0697. The van der Waals surface area contributed by atoms with E-state index in [4.69, 9.17) is 0 Å². The number of benzene rings is 3. The molecule has 1 N–H and O–H groups in total. The molecule has 0 amide bonds.